The number of aliphatic hydroxyl groups excluding tert-OH is 1. The molecule has 1 aromatic rings. The zero-order valence-electron chi connectivity index (χ0n) is 11.0. The van der Waals surface area contributed by atoms with Crippen LogP contribution in [-0.2, 0) is 16.6 Å². The second kappa shape index (κ2) is 5.78. The lowest BCUT2D eigenvalue weighted by Gasteiger charge is -2.26. The van der Waals surface area contributed by atoms with Gasteiger partial charge < -0.3 is 5.11 Å². The van der Waals surface area contributed by atoms with E-state index in [-0.39, 0.29) is 31.0 Å². The number of nitrogens with zero attached hydrogens (tertiary/aromatic N) is 1. The molecule has 1 N–H and O–H groups in total. The largest absolute Gasteiger partial charge is 0.412 e. The van der Waals surface area contributed by atoms with Crippen molar-refractivity contribution in [3.63, 3.8) is 0 Å². The van der Waals surface area contributed by atoms with E-state index in [1.165, 1.54) is 24.3 Å². The lowest BCUT2D eigenvalue weighted by Crippen LogP contribution is -2.36. The molecule has 0 unspecified atom stereocenters. The summed E-state index contributed by atoms with van der Waals surface area (Å²) in [6, 6.07) is 5.61. The molecule has 1 aromatic carbocycles. The molecule has 4 nitrogen and oxygen atoms in total. The topological polar surface area (TPSA) is 57.6 Å². The van der Waals surface area contributed by atoms with E-state index in [0.29, 0.717) is 5.56 Å². The molecular weight excluding hydrogens is 307 g/mol. The number of aliphatic hydroxyl groups is 1. The first-order chi connectivity index (χ1) is 9.75. The smallest absolute Gasteiger partial charge is 0.392 e. The average molecular weight is 321 g/mol. The Morgan fingerprint density at radius 3 is 2.24 bits per heavy atom. The van der Waals surface area contributed by atoms with Crippen LogP contribution in [-0.4, -0.2) is 37.1 Å². The van der Waals surface area contributed by atoms with E-state index < -0.39 is 21.8 Å². The molecule has 0 bridgehead atoms. The standard InChI is InChI=1S/C13H14F3NO3S/c14-13(15,16)11-5-7-17(8-6-11)21(19,20)12-3-1-10(9-18)2-4-12/h1-5,18H,6-9H2. The molecule has 8 heteroatoms. The third-order valence-corrected chi connectivity index (χ3v) is 5.16. The van der Waals surface area contributed by atoms with E-state index in [9.17, 15) is 21.6 Å². The van der Waals surface area contributed by atoms with Gasteiger partial charge in [0, 0.05) is 18.7 Å². The van der Waals surface area contributed by atoms with Crippen LogP contribution in [0, 0.1) is 0 Å². The lowest BCUT2D eigenvalue weighted by molar-refractivity contribution is -0.0953. The third kappa shape index (κ3) is 3.45. The molecule has 1 aliphatic rings. The molecule has 0 aliphatic carbocycles. The minimum atomic E-state index is -4.40. The molecule has 0 radical (unpaired) electrons. The first-order valence-electron chi connectivity index (χ1n) is 6.21. The van der Waals surface area contributed by atoms with Crippen molar-refractivity contribution >= 4 is 10.0 Å². The van der Waals surface area contributed by atoms with E-state index in [4.69, 9.17) is 5.11 Å². The third-order valence-electron chi connectivity index (χ3n) is 3.28. The van der Waals surface area contributed by atoms with Gasteiger partial charge >= 0.3 is 6.18 Å². The van der Waals surface area contributed by atoms with Gasteiger partial charge in [-0.1, -0.05) is 18.2 Å². The lowest BCUT2D eigenvalue weighted by atomic mass is 10.1. The summed E-state index contributed by atoms with van der Waals surface area (Å²) < 4.78 is 63.1. The van der Waals surface area contributed by atoms with Crippen LogP contribution in [0.1, 0.15) is 12.0 Å². The van der Waals surface area contributed by atoms with Crippen LogP contribution in [0.4, 0.5) is 13.2 Å². The van der Waals surface area contributed by atoms with Crippen molar-refractivity contribution in [2.24, 2.45) is 0 Å². The molecule has 0 saturated heterocycles. The zero-order valence-corrected chi connectivity index (χ0v) is 11.8. The predicted molar refractivity (Wildman–Crippen MR) is 69.9 cm³/mol. The molecule has 0 amide bonds. The molecule has 1 aliphatic heterocycles. The Morgan fingerprint density at radius 2 is 1.81 bits per heavy atom. The van der Waals surface area contributed by atoms with Crippen LogP contribution >= 0.6 is 0 Å². The summed E-state index contributed by atoms with van der Waals surface area (Å²) in [6.45, 7) is -0.698. The molecule has 0 saturated carbocycles. The predicted octanol–water partition coefficient (Wildman–Crippen LogP) is 2.06. The first-order valence-corrected chi connectivity index (χ1v) is 7.65. The normalized spacial score (nSPS) is 17.6. The van der Waals surface area contributed by atoms with Crippen molar-refractivity contribution in [2.45, 2.75) is 24.1 Å². The Bertz CT molecular complexity index is 636. The van der Waals surface area contributed by atoms with Gasteiger partial charge in [0.2, 0.25) is 10.0 Å². The quantitative estimate of drug-likeness (QED) is 0.867. The van der Waals surface area contributed by atoms with Crippen molar-refractivity contribution in [3.8, 4) is 0 Å². The van der Waals surface area contributed by atoms with Crippen molar-refractivity contribution in [3.05, 3.63) is 41.5 Å². The van der Waals surface area contributed by atoms with Gasteiger partial charge in [-0.05, 0) is 24.1 Å². The van der Waals surface area contributed by atoms with Crippen LogP contribution in [0.3, 0.4) is 0 Å². The van der Waals surface area contributed by atoms with Crippen LogP contribution in [0.5, 0.6) is 0 Å². The highest BCUT2D eigenvalue weighted by atomic mass is 32.2. The molecular formula is C13H14F3NO3S. The summed E-state index contributed by atoms with van der Waals surface area (Å²) in [7, 11) is -3.82. The minimum Gasteiger partial charge on any atom is -0.392 e. The van der Waals surface area contributed by atoms with Gasteiger partial charge in [0.25, 0.3) is 0 Å². The molecule has 0 fully saturated rings. The number of hydrogen-bond donors (Lipinski definition) is 1. The molecule has 116 valence electrons. The van der Waals surface area contributed by atoms with Gasteiger partial charge in [0.05, 0.1) is 11.5 Å². The Kier molecular flexibility index (Phi) is 4.40. The molecule has 1 heterocycles. The summed E-state index contributed by atoms with van der Waals surface area (Å²) in [5.74, 6) is 0. The Balaban J connectivity index is 2.20. The van der Waals surface area contributed by atoms with E-state index in [0.717, 1.165) is 10.4 Å². The van der Waals surface area contributed by atoms with Crippen LogP contribution < -0.4 is 0 Å². The van der Waals surface area contributed by atoms with Gasteiger partial charge in [0.1, 0.15) is 0 Å². The molecule has 21 heavy (non-hydrogen) atoms. The highest BCUT2D eigenvalue weighted by Crippen LogP contribution is 2.31. The van der Waals surface area contributed by atoms with Gasteiger partial charge in [-0.2, -0.15) is 17.5 Å². The second-order valence-corrected chi connectivity index (χ2v) is 6.58. The molecule has 0 aromatic heterocycles. The van der Waals surface area contributed by atoms with E-state index in [2.05, 4.69) is 0 Å². The van der Waals surface area contributed by atoms with Crippen molar-refractivity contribution < 1.29 is 26.7 Å². The minimum absolute atomic E-state index is 0.00330. The highest BCUT2D eigenvalue weighted by Gasteiger charge is 2.37. The Morgan fingerprint density at radius 1 is 1.19 bits per heavy atom. The number of hydrogen-bond acceptors (Lipinski definition) is 3. The van der Waals surface area contributed by atoms with E-state index in [1.807, 2.05) is 0 Å². The summed E-state index contributed by atoms with van der Waals surface area (Å²) in [6.07, 6.45) is -3.85. The number of alkyl halides is 3. The Hall–Kier alpha value is -1.38. The zero-order chi connectivity index (χ0) is 15.7. The van der Waals surface area contributed by atoms with Gasteiger partial charge in [-0.3, -0.25) is 0 Å². The summed E-state index contributed by atoms with van der Waals surface area (Å²) in [5, 5.41) is 8.91. The van der Waals surface area contributed by atoms with Crippen molar-refractivity contribution in [1.82, 2.24) is 4.31 Å². The summed E-state index contributed by atoms with van der Waals surface area (Å²) >= 11 is 0. The van der Waals surface area contributed by atoms with Crippen molar-refractivity contribution in [1.29, 1.82) is 0 Å². The number of halogens is 3. The summed E-state index contributed by atoms with van der Waals surface area (Å²) in [5.41, 5.74) is -0.128. The average Bonchev–Trinajstić information content (AvgIpc) is 2.46. The van der Waals surface area contributed by atoms with Gasteiger partial charge in [-0.25, -0.2) is 8.42 Å². The van der Waals surface area contributed by atoms with Crippen LogP contribution in [0.25, 0.3) is 0 Å². The number of sulfonamides is 1. The first kappa shape index (κ1) is 16.0. The second-order valence-electron chi connectivity index (χ2n) is 4.64. The van der Waals surface area contributed by atoms with Crippen molar-refractivity contribution in [2.75, 3.05) is 13.1 Å². The highest BCUT2D eigenvalue weighted by molar-refractivity contribution is 7.89. The molecule has 2 rings (SSSR count). The maximum Gasteiger partial charge on any atom is 0.412 e. The fraction of sp³-hybridized carbons (Fsp3) is 0.385. The monoisotopic (exact) mass is 321 g/mol. The fourth-order valence-electron chi connectivity index (χ4n) is 2.04. The molecule has 0 atom stereocenters. The van der Waals surface area contributed by atoms with E-state index in [1.54, 1.807) is 0 Å². The van der Waals surface area contributed by atoms with E-state index >= 15 is 0 Å². The Labute approximate surface area is 120 Å². The van der Waals surface area contributed by atoms with Gasteiger partial charge in [-0.15, -0.1) is 0 Å². The number of rotatable bonds is 3. The SMILES string of the molecule is O=S(=O)(c1ccc(CO)cc1)N1CC=C(C(F)(F)F)CC1. The maximum atomic E-state index is 12.5. The molecule has 0 spiro atoms. The van der Waals surface area contributed by atoms with Gasteiger partial charge in [0.15, 0.2) is 0 Å². The maximum absolute atomic E-state index is 12.5. The fourth-order valence-corrected chi connectivity index (χ4v) is 3.42. The van der Waals surface area contributed by atoms with Crippen LogP contribution in [0.2, 0.25) is 0 Å². The number of benzene rings is 1. The summed E-state index contributed by atoms with van der Waals surface area (Å²) in [4.78, 5) is 0.00330. The van der Waals surface area contributed by atoms with Crippen LogP contribution in [0.15, 0.2) is 40.8 Å².